The second-order valence-electron chi connectivity index (χ2n) is 7.12. The van der Waals surface area contributed by atoms with Gasteiger partial charge in [-0.05, 0) is 48.7 Å². The van der Waals surface area contributed by atoms with Crippen molar-refractivity contribution < 1.29 is 22.7 Å². The Morgan fingerprint density at radius 3 is 2.59 bits per heavy atom. The molecule has 1 saturated carbocycles. The predicted molar refractivity (Wildman–Crippen MR) is 98.6 cm³/mol. The number of hydrogen-bond acceptors (Lipinski definition) is 5. The molecule has 0 bridgehead atoms. The molecule has 3 aliphatic rings. The van der Waals surface area contributed by atoms with Gasteiger partial charge in [0.15, 0.2) is 11.5 Å². The number of fused-ring (bicyclic) bond motifs is 3. The van der Waals surface area contributed by atoms with Crippen molar-refractivity contribution in [2.24, 2.45) is 0 Å². The van der Waals surface area contributed by atoms with Gasteiger partial charge >= 0.3 is 0 Å². The molecule has 5 rings (SSSR count). The summed E-state index contributed by atoms with van der Waals surface area (Å²) in [6, 6.07) is 9.71. The maximum absolute atomic E-state index is 12.8. The number of rotatable bonds is 3. The number of anilines is 2. The van der Waals surface area contributed by atoms with Gasteiger partial charge in [-0.15, -0.1) is 0 Å². The number of benzene rings is 2. The Kier molecular flexibility index (Phi) is 3.42. The third-order valence-electron chi connectivity index (χ3n) is 5.58. The molecule has 0 unspecified atom stereocenters. The molecule has 8 heteroatoms. The number of sulfonamides is 1. The predicted octanol–water partition coefficient (Wildman–Crippen LogP) is 2.98. The van der Waals surface area contributed by atoms with E-state index in [0.29, 0.717) is 17.2 Å². The summed E-state index contributed by atoms with van der Waals surface area (Å²) in [6.45, 7) is 0.0835. The fourth-order valence-corrected chi connectivity index (χ4v) is 5.27. The molecule has 1 spiro atoms. The third-order valence-corrected chi connectivity index (χ3v) is 6.96. The van der Waals surface area contributed by atoms with Crippen LogP contribution in [-0.2, 0) is 20.2 Å². The fourth-order valence-electron chi connectivity index (χ4n) is 4.21. The number of carbonyl (C=O) groups excluding carboxylic acids is 1. The first-order chi connectivity index (χ1) is 13.0. The van der Waals surface area contributed by atoms with E-state index in [0.717, 1.165) is 36.9 Å². The van der Waals surface area contributed by atoms with Gasteiger partial charge in [-0.2, -0.15) is 0 Å². The van der Waals surface area contributed by atoms with E-state index in [1.54, 1.807) is 24.3 Å². The van der Waals surface area contributed by atoms with Gasteiger partial charge < -0.3 is 14.8 Å². The summed E-state index contributed by atoms with van der Waals surface area (Å²) in [4.78, 5) is 12.6. The second-order valence-corrected chi connectivity index (χ2v) is 8.81. The number of amides is 1. The van der Waals surface area contributed by atoms with Gasteiger partial charge in [0, 0.05) is 17.4 Å². The fraction of sp³-hybridized carbons (Fsp3) is 0.316. The van der Waals surface area contributed by atoms with Crippen molar-refractivity contribution >= 4 is 27.3 Å². The van der Waals surface area contributed by atoms with E-state index in [1.807, 2.05) is 0 Å². The highest BCUT2D eigenvalue weighted by Crippen LogP contribution is 2.49. The largest absolute Gasteiger partial charge is 0.454 e. The standard InChI is InChI=1S/C19H18N2O5S/c22-18-19(7-1-2-8-19)14-9-12(3-5-15(14)20-18)21-27(23,24)13-4-6-16-17(10-13)26-11-25-16/h3-6,9-10,21H,1-2,7-8,11H2,(H,20,22). The van der Waals surface area contributed by atoms with E-state index < -0.39 is 15.4 Å². The zero-order valence-electron chi connectivity index (χ0n) is 14.4. The van der Waals surface area contributed by atoms with Crippen LogP contribution in [0.5, 0.6) is 11.5 Å². The second kappa shape index (κ2) is 5.63. The number of ether oxygens (including phenoxy) is 2. The van der Waals surface area contributed by atoms with Crippen molar-refractivity contribution in [1.82, 2.24) is 0 Å². The molecule has 27 heavy (non-hydrogen) atoms. The Bertz CT molecular complexity index is 1060. The normalized spacial score (nSPS) is 19.2. The first kappa shape index (κ1) is 16.4. The minimum atomic E-state index is -3.79. The van der Waals surface area contributed by atoms with Crippen LogP contribution in [0.2, 0.25) is 0 Å². The Morgan fingerprint density at radius 2 is 1.78 bits per heavy atom. The minimum absolute atomic E-state index is 0.0192. The monoisotopic (exact) mass is 386 g/mol. The summed E-state index contributed by atoms with van der Waals surface area (Å²) in [5.74, 6) is 0.955. The highest BCUT2D eigenvalue weighted by Gasteiger charge is 2.48. The SMILES string of the molecule is O=C1Nc2ccc(NS(=O)(=O)c3ccc4c(c3)OCO4)cc2C12CCCC2. The van der Waals surface area contributed by atoms with E-state index in [2.05, 4.69) is 10.0 Å². The van der Waals surface area contributed by atoms with Gasteiger partial charge in [0.05, 0.1) is 10.3 Å². The van der Waals surface area contributed by atoms with Crippen LogP contribution in [0.15, 0.2) is 41.3 Å². The van der Waals surface area contributed by atoms with E-state index in [-0.39, 0.29) is 17.6 Å². The van der Waals surface area contributed by atoms with Crippen LogP contribution in [-0.4, -0.2) is 21.1 Å². The smallest absolute Gasteiger partial charge is 0.262 e. The maximum Gasteiger partial charge on any atom is 0.262 e. The number of hydrogen-bond donors (Lipinski definition) is 2. The summed E-state index contributed by atoms with van der Waals surface area (Å²) >= 11 is 0. The van der Waals surface area contributed by atoms with Crippen LogP contribution < -0.4 is 19.5 Å². The summed E-state index contributed by atoms with van der Waals surface area (Å²) < 4.78 is 38.7. The molecule has 2 heterocycles. The van der Waals surface area contributed by atoms with Crippen molar-refractivity contribution in [3.8, 4) is 11.5 Å². The highest BCUT2D eigenvalue weighted by molar-refractivity contribution is 7.92. The van der Waals surface area contributed by atoms with Crippen LogP contribution in [0, 0.1) is 0 Å². The molecule has 1 aliphatic carbocycles. The first-order valence-corrected chi connectivity index (χ1v) is 10.3. The molecule has 0 radical (unpaired) electrons. The van der Waals surface area contributed by atoms with Gasteiger partial charge in [0.2, 0.25) is 12.7 Å². The lowest BCUT2D eigenvalue weighted by Gasteiger charge is -2.21. The highest BCUT2D eigenvalue weighted by atomic mass is 32.2. The van der Waals surface area contributed by atoms with E-state index in [1.165, 1.54) is 12.1 Å². The zero-order valence-corrected chi connectivity index (χ0v) is 15.3. The summed E-state index contributed by atoms with van der Waals surface area (Å²) in [7, 11) is -3.79. The van der Waals surface area contributed by atoms with E-state index in [4.69, 9.17) is 9.47 Å². The topological polar surface area (TPSA) is 93.7 Å². The Hall–Kier alpha value is -2.74. The Balaban J connectivity index is 1.48. The number of nitrogens with one attached hydrogen (secondary N) is 2. The van der Waals surface area contributed by atoms with Crippen molar-refractivity contribution in [3.05, 3.63) is 42.0 Å². The number of carbonyl (C=O) groups is 1. The molecule has 7 nitrogen and oxygen atoms in total. The summed E-state index contributed by atoms with van der Waals surface area (Å²) in [5.41, 5.74) is 1.58. The zero-order chi connectivity index (χ0) is 18.6. The molecule has 0 aromatic heterocycles. The van der Waals surface area contributed by atoms with Gasteiger partial charge in [-0.25, -0.2) is 8.42 Å². The van der Waals surface area contributed by atoms with Gasteiger partial charge in [-0.3, -0.25) is 9.52 Å². The van der Waals surface area contributed by atoms with E-state index in [9.17, 15) is 13.2 Å². The molecular weight excluding hydrogens is 368 g/mol. The lowest BCUT2D eigenvalue weighted by atomic mass is 9.80. The van der Waals surface area contributed by atoms with Crippen LogP contribution in [0.3, 0.4) is 0 Å². The Morgan fingerprint density at radius 1 is 1.00 bits per heavy atom. The van der Waals surface area contributed by atoms with Crippen LogP contribution in [0.1, 0.15) is 31.2 Å². The molecule has 1 amide bonds. The first-order valence-electron chi connectivity index (χ1n) is 8.86. The molecule has 1 fully saturated rings. The molecule has 140 valence electrons. The van der Waals surface area contributed by atoms with Crippen LogP contribution in [0.4, 0.5) is 11.4 Å². The van der Waals surface area contributed by atoms with Crippen molar-refractivity contribution in [2.45, 2.75) is 36.0 Å². The lowest BCUT2D eigenvalue weighted by Crippen LogP contribution is -2.31. The molecule has 2 aliphatic heterocycles. The van der Waals surface area contributed by atoms with Crippen LogP contribution >= 0.6 is 0 Å². The van der Waals surface area contributed by atoms with E-state index >= 15 is 0 Å². The van der Waals surface area contributed by atoms with Gasteiger partial charge in [0.1, 0.15) is 0 Å². The average Bonchev–Trinajstić information content (AvgIpc) is 3.36. The van der Waals surface area contributed by atoms with Crippen molar-refractivity contribution in [3.63, 3.8) is 0 Å². The van der Waals surface area contributed by atoms with Crippen molar-refractivity contribution in [2.75, 3.05) is 16.8 Å². The van der Waals surface area contributed by atoms with Gasteiger partial charge in [-0.1, -0.05) is 12.8 Å². The molecular formula is C19H18N2O5S. The molecule has 2 N–H and O–H groups in total. The van der Waals surface area contributed by atoms with Crippen molar-refractivity contribution in [1.29, 1.82) is 0 Å². The average molecular weight is 386 g/mol. The summed E-state index contributed by atoms with van der Waals surface area (Å²) in [5, 5.41) is 2.93. The minimum Gasteiger partial charge on any atom is -0.454 e. The lowest BCUT2D eigenvalue weighted by molar-refractivity contribution is -0.120. The molecule has 0 atom stereocenters. The summed E-state index contributed by atoms with van der Waals surface area (Å²) in [6.07, 6.45) is 3.59. The Labute approximate surface area is 156 Å². The molecule has 0 saturated heterocycles. The van der Waals surface area contributed by atoms with Crippen LogP contribution in [0.25, 0.3) is 0 Å². The molecule has 2 aromatic carbocycles. The quantitative estimate of drug-likeness (QED) is 0.846. The maximum atomic E-state index is 12.8. The van der Waals surface area contributed by atoms with Gasteiger partial charge in [0.25, 0.3) is 10.0 Å². The molecule has 2 aromatic rings. The third kappa shape index (κ3) is 2.47.